The Labute approximate surface area is 194 Å². The zero-order valence-electron chi connectivity index (χ0n) is 19.7. The molecule has 0 saturated heterocycles. The van der Waals surface area contributed by atoms with Crippen molar-refractivity contribution in [2.75, 3.05) is 17.3 Å². The Morgan fingerprint density at radius 3 is 2.21 bits per heavy atom. The number of imide groups is 1. The molecule has 0 atom stereocenters. The molecule has 33 heavy (non-hydrogen) atoms. The van der Waals surface area contributed by atoms with Crippen LogP contribution in [0.25, 0.3) is 5.57 Å². The minimum Gasteiger partial charge on any atom is -0.495 e. The summed E-state index contributed by atoms with van der Waals surface area (Å²) in [5.74, 6) is -0.138. The summed E-state index contributed by atoms with van der Waals surface area (Å²) in [5.41, 5.74) is 6.82. The molecule has 3 aromatic carbocycles. The first-order valence-electron chi connectivity index (χ1n) is 11.0. The van der Waals surface area contributed by atoms with Gasteiger partial charge in [0.1, 0.15) is 11.4 Å². The van der Waals surface area contributed by atoms with Crippen LogP contribution in [-0.4, -0.2) is 18.9 Å². The van der Waals surface area contributed by atoms with Crippen molar-refractivity contribution >= 4 is 28.8 Å². The highest BCUT2D eigenvalue weighted by atomic mass is 16.5. The highest BCUT2D eigenvalue weighted by Crippen LogP contribution is 2.36. The number of nitrogens with one attached hydrogen (secondary N) is 1. The van der Waals surface area contributed by atoms with Crippen molar-refractivity contribution in [3.8, 4) is 5.75 Å². The first-order chi connectivity index (χ1) is 15.8. The topological polar surface area (TPSA) is 58.6 Å². The number of aryl methyl sites for hydroxylation is 4. The molecule has 2 amide bonds. The third kappa shape index (κ3) is 4.14. The van der Waals surface area contributed by atoms with E-state index in [1.807, 2.05) is 81.4 Å². The third-order valence-corrected chi connectivity index (χ3v) is 6.10. The molecule has 0 spiro atoms. The number of rotatable bonds is 6. The SMILES string of the molecule is CCc1ccc(N2C(=O)C(Nc3cc(C)ccc3OC)=C(c3ccc(C)c(C)c3)C2=O)cc1. The lowest BCUT2D eigenvalue weighted by atomic mass is 9.99. The van der Waals surface area contributed by atoms with Gasteiger partial charge < -0.3 is 10.1 Å². The predicted molar refractivity (Wildman–Crippen MR) is 133 cm³/mol. The number of anilines is 2. The number of hydrogen-bond donors (Lipinski definition) is 1. The van der Waals surface area contributed by atoms with Gasteiger partial charge in [0.25, 0.3) is 11.8 Å². The smallest absolute Gasteiger partial charge is 0.282 e. The lowest BCUT2D eigenvalue weighted by molar-refractivity contribution is -0.120. The Balaban J connectivity index is 1.85. The molecule has 5 heteroatoms. The molecule has 0 fully saturated rings. The molecular formula is C28H28N2O3. The molecule has 0 saturated carbocycles. The minimum atomic E-state index is -0.388. The van der Waals surface area contributed by atoms with Crippen molar-refractivity contribution in [1.82, 2.24) is 0 Å². The van der Waals surface area contributed by atoms with Crippen molar-refractivity contribution in [3.05, 3.63) is 94.2 Å². The van der Waals surface area contributed by atoms with Gasteiger partial charge in [-0.3, -0.25) is 9.59 Å². The van der Waals surface area contributed by atoms with Crippen LogP contribution in [0, 0.1) is 20.8 Å². The normalized spacial score (nSPS) is 13.7. The highest BCUT2D eigenvalue weighted by Gasteiger charge is 2.40. The molecule has 1 aliphatic rings. The Morgan fingerprint density at radius 1 is 0.848 bits per heavy atom. The van der Waals surface area contributed by atoms with Gasteiger partial charge in [0.2, 0.25) is 0 Å². The maximum absolute atomic E-state index is 13.7. The van der Waals surface area contributed by atoms with Gasteiger partial charge >= 0.3 is 0 Å². The molecule has 0 aromatic heterocycles. The lowest BCUT2D eigenvalue weighted by Gasteiger charge is -2.16. The fourth-order valence-corrected chi connectivity index (χ4v) is 3.98. The molecule has 0 aliphatic carbocycles. The van der Waals surface area contributed by atoms with E-state index in [1.165, 1.54) is 4.90 Å². The quantitative estimate of drug-likeness (QED) is 0.509. The second kappa shape index (κ2) is 8.94. The standard InChI is InChI=1S/C28H28N2O3/c1-6-20-9-12-22(13-10-20)30-27(31)25(21-11-8-18(3)19(4)16-21)26(28(30)32)29-23-15-17(2)7-14-24(23)33-5/h7-16,29H,6H2,1-5H3. The average molecular weight is 441 g/mol. The number of nitrogens with zero attached hydrogens (tertiary/aromatic N) is 1. The molecular weight excluding hydrogens is 412 g/mol. The van der Waals surface area contributed by atoms with Gasteiger partial charge in [0.15, 0.2) is 0 Å². The average Bonchev–Trinajstić information content (AvgIpc) is 3.05. The van der Waals surface area contributed by atoms with E-state index in [-0.39, 0.29) is 17.5 Å². The van der Waals surface area contributed by atoms with Crippen LogP contribution in [0.2, 0.25) is 0 Å². The fraction of sp³-hybridized carbons (Fsp3) is 0.214. The van der Waals surface area contributed by atoms with Gasteiger partial charge in [-0.25, -0.2) is 4.90 Å². The maximum Gasteiger partial charge on any atom is 0.282 e. The molecule has 0 bridgehead atoms. The van der Waals surface area contributed by atoms with Crippen molar-refractivity contribution < 1.29 is 14.3 Å². The van der Waals surface area contributed by atoms with E-state index < -0.39 is 0 Å². The van der Waals surface area contributed by atoms with Crippen LogP contribution >= 0.6 is 0 Å². The van der Waals surface area contributed by atoms with Crippen LogP contribution in [0.5, 0.6) is 5.75 Å². The van der Waals surface area contributed by atoms with E-state index in [0.29, 0.717) is 28.3 Å². The highest BCUT2D eigenvalue weighted by molar-refractivity contribution is 6.46. The number of ether oxygens (including phenoxy) is 1. The second-order valence-electron chi connectivity index (χ2n) is 8.34. The summed E-state index contributed by atoms with van der Waals surface area (Å²) in [6, 6.07) is 19.0. The number of carbonyl (C=O) groups is 2. The summed E-state index contributed by atoms with van der Waals surface area (Å²) < 4.78 is 5.49. The monoisotopic (exact) mass is 440 g/mol. The zero-order chi connectivity index (χ0) is 23.7. The Hall–Kier alpha value is -3.86. The summed E-state index contributed by atoms with van der Waals surface area (Å²) in [5, 5.41) is 3.23. The van der Waals surface area contributed by atoms with Gasteiger partial charge in [0.05, 0.1) is 24.1 Å². The number of hydrogen-bond acceptors (Lipinski definition) is 4. The summed E-state index contributed by atoms with van der Waals surface area (Å²) >= 11 is 0. The van der Waals surface area contributed by atoms with E-state index >= 15 is 0 Å². The molecule has 0 radical (unpaired) electrons. The molecule has 3 aromatic rings. The Morgan fingerprint density at radius 2 is 1.58 bits per heavy atom. The Bertz CT molecular complexity index is 1270. The molecule has 0 unspecified atom stereocenters. The minimum absolute atomic E-state index is 0.242. The van der Waals surface area contributed by atoms with Gasteiger partial charge in [0, 0.05) is 0 Å². The number of carbonyl (C=O) groups excluding carboxylic acids is 2. The zero-order valence-corrected chi connectivity index (χ0v) is 19.7. The molecule has 4 rings (SSSR count). The first kappa shape index (κ1) is 22.3. The van der Waals surface area contributed by atoms with E-state index in [4.69, 9.17) is 4.74 Å². The van der Waals surface area contributed by atoms with E-state index in [2.05, 4.69) is 12.2 Å². The van der Waals surface area contributed by atoms with E-state index in [1.54, 1.807) is 7.11 Å². The van der Waals surface area contributed by atoms with Crippen LogP contribution in [0.15, 0.2) is 66.4 Å². The summed E-state index contributed by atoms with van der Waals surface area (Å²) in [7, 11) is 1.58. The van der Waals surface area contributed by atoms with Gasteiger partial charge in [-0.05, 0) is 79.3 Å². The van der Waals surface area contributed by atoms with Gasteiger partial charge in [-0.15, -0.1) is 0 Å². The maximum atomic E-state index is 13.7. The number of amides is 2. The first-order valence-corrected chi connectivity index (χ1v) is 11.0. The second-order valence-corrected chi connectivity index (χ2v) is 8.34. The molecule has 1 aliphatic heterocycles. The predicted octanol–water partition coefficient (Wildman–Crippen LogP) is 5.58. The van der Waals surface area contributed by atoms with Crippen molar-refractivity contribution in [3.63, 3.8) is 0 Å². The molecule has 1 N–H and O–H groups in total. The van der Waals surface area contributed by atoms with Crippen molar-refractivity contribution in [1.29, 1.82) is 0 Å². The Kier molecular flexibility index (Phi) is 6.05. The fourth-order valence-electron chi connectivity index (χ4n) is 3.98. The largest absolute Gasteiger partial charge is 0.495 e. The van der Waals surface area contributed by atoms with E-state index in [0.717, 1.165) is 28.7 Å². The molecule has 5 nitrogen and oxygen atoms in total. The van der Waals surface area contributed by atoms with E-state index in [9.17, 15) is 9.59 Å². The number of methoxy groups -OCH3 is 1. The number of benzene rings is 3. The lowest BCUT2D eigenvalue weighted by Crippen LogP contribution is -2.32. The summed E-state index contributed by atoms with van der Waals surface area (Å²) in [6.07, 6.45) is 0.883. The third-order valence-electron chi connectivity index (χ3n) is 6.10. The van der Waals surface area contributed by atoms with Crippen LogP contribution in [-0.2, 0) is 16.0 Å². The summed E-state index contributed by atoms with van der Waals surface area (Å²) in [6.45, 7) is 8.05. The van der Waals surface area contributed by atoms with Crippen LogP contribution in [0.3, 0.4) is 0 Å². The van der Waals surface area contributed by atoms with Crippen molar-refractivity contribution in [2.24, 2.45) is 0 Å². The van der Waals surface area contributed by atoms with Gasteiger partial charge in [-0.1, -0.05) is 43.3 Å². The van der Waals surface area contributed by atoms with Crippen LogP contribution in [0.4, 0.5) is 11.4 Å². The molecule has 168 valence electrons. The van der Waals surface area contributed by atoms with Crippen LogP contribution < -0.4 is 15.0 Å². The van der Waals surface area contributed by atoms with Crippen molar-refractivity contribution in [2.45, 2.75) is 34.1 Å². The summed E-state index contributed by atoms with van der Waals surface area (Å²) in [4.78, 5) is 28.5. The molecule has 1 heterocycles. The van der Waals surface area contributed by atoms with Gasteiger partial charge in [-0.2, -0.15) is 0 Å². The van der Waals surface area contributed by atoms with Crippen LogP contribution in [0.1, 0.15) is 34.7 Å².